The number of nitrogens with zero attached hydrogens (tertiary/aromatic N) is 2. The highest BCUT2D eigenvalue weighted by atomic mass is 79.9. The minimum absolute atomic E-state index is 0.0234. The predicted molar refractivity (Wildman–Crippen MR) is 280 cm³/mol. The van der Waals surface area contributed by atoms with Gasteiger partial charge >= 0.3 is 24.1 Å². The maximum Gasteiger partial charge on any atom is 0.408 e. The number of esters is 2. The first-order chi connectivity index (χ1) is 35.1. The Hall–Kier alpha value is -7.70. The summed E-state index contributed by atoms with van der Waals surface area (Å²) >= 11 is 6.53. The number of hydrogen-bond acceptors (Lipinski definition) is 12. The number of H-pyrrole nitrogens is 2. The highest BCUT2D eigenvalue weighted by Gasteiger charge is 2.29. The van der Waals surface area contributed by atoms with E-state index in [4.69, 9.17) is 28.6 Å². The van der Waals surface area contributed by atoms with Gasteiger partial charge in [0.2, 0.25) is 0 Å². The van der Waals surface area contributed by atoms with Crippen molar-refractivity contribution >= 4 is 109 Å². The second kappa shape index (κ2) is 23.5. The van der Waals surface area contributed by atoms with Gasteiger partial charge in [0.15, 0.2) is 12.2 Å². The quantitative estimate of drug-likeness (QED) is 0.0532. The number of carbonyl (C=O) groups excluding carboxylic acids is 4. The molecule has 0 fully saturated rings. The molecule has 0 spiro atoms. The number of halogens is 2. The zero-order valence-corrected chi connectivity index (χ0v) is 41.7. The second-order valence-corrected chi connectivity index (χ2v) is 18.9. The summed E-state index contributed by atoms with van der Waals surface area (Å²) in [5.41, 5.74) is 5.35. The number of hydrogen-bond donors (Lipinski definition) is 4. The maximum absolute atomic E-state index is 13.0. The first kappa shape index (κ1) is 49.3. The fraction of sp³-hybridized carbons (Fsp3) is 0.222. The number of carbonyl (C=O) groups is 4. The maximum atomic E-state index is 13.0. The van der Waals surface area contributed by atoms with E-state index in [1.165, 1.54) is 0 Å². The van der Waals surface area contributed by atoms with Gasteiger partial charge < -0.3 is 49.2 Å². The average Bonchev–Trinajstić information content (AvgIpc) is 4.23. The summed E-state index contributed by atoms with van der Waals surface area (Å²) in [6.45, 7) is 0.199. The van der Waals surface area contributed by atoms with Crippen LogP contribution in [0.5, 0.6) is 0 Å². The van der Waals surface area contributed by atoms with E-state index in [-0.39, 0.29) is 51.5 Å². The SMILES string of the molecule is O=C(N[C@@H](Cc1c[nH]c2ccccc12)C(=O)OC[C@@H]1CC(Br)=NO1)OCc1ccc2ccccc2c1.O=C(N[C@@H](Cc1c[nH]c2ccccc12)C(=O)OC[C@H]1CC(Br)=NO1)OCc1ccc2ccccc2c1. The van der Waals surface area contributed by atoms with Gasteiger partial charge in [-0.25, -0.2) is 19.2 Å². The van der Waals surface area contributed by atoms with E-state index < -0.39 is 36.2 Å². The standard InChI is InChI=1S/2C27H24BrN3O5/c2*28-25-13-21(36-31-25)16-34-26(32)24(12-20-14-29-23-8-4-3-7-22(20)23)30-27(33)35-15-17-9-10-18-5-1-2-6-19(18)11-17/h2*1-11,14,21,24,29H,12-13,15-16H2,(H,30,33)/t21-,24+;21-,24-/m10/s1. The van der Waals surface area contributed by atoms with Crippen molar-refractivity contribution in [3.05, 3.63) is 168 Å². The molecule has 0 unspecified atom stereocenters. The summed E-state index contributed by atoms with van der Waals surface area (Å²) in [5.74, 6) is -1.15. The Bertz CT molecular complexity index is 3080. The molecule has 4 N–H and O–H groups in total. The molecule has 0 radical (unpaired) electrons. The van der Waals surface area contributed by atoms with Crippen LogP contribution in [-0.2, 0) is 64.3 Å². The molecule has 72 heavy (non-hydrogen) atoms. The molecule has 6 aromatic carbocycles. The van der Waals surface area contributed by atoms with E-state index in [9.17, 15) is 19.2 Å². The summed E-state index contributed by atoms with van der Waals surface area (Å²) in [4.78, 5) is 68.2. The van der Waals surface area contributed by atoms with Crippen LogP contribution in [-0.4, -0.2) is 80.8 Å². The van der Waals surface area contributed by atoms with Crippen LogP contribution < -0.4 is 10.6 Å². The van der Waals surface area contributed by atoms with Gasteiger partial charge in [0.1, 0.15) is 47.8 Å². The van der Waals surface area contributed by atoms with Gasteiger partial charge in [-0.05, 0) is 99.9 Å². The first-order valence-electron chi connectivity index (χ1n) is 23.1. The molecule has 0 saturated heterocycles. The summed E-state index contributed by atoms with van der Waals surface area (Å²) in [6, 6.07) is 41.3. The van der Waals surface area contributed by atoms with Crippen LogP contribution in [0, 0.1) is 0 Å². The summed E-state index contributed by atoms with van der Waals surface area (Å²) in [7, 11) is 0. The lowest BCUT2D eigenvalue weighted by Crippen LogP contribution is -2.44. The molecule has 2 aromatic heterocycles. The third-order valence-corrected chi connectivity index (χ3v) is 12.9. The van der Waals surface area contributed by atoms with Crippen molar-refractivity contribution in [3.63, 3.8) is 0 Å². The first-order valence-corrected chi connectivity index (χ1v) is 24.7. The number of nitrogens with one attached hydrogen (secondary N) is 4. The number of para-hydroxylation sites is 2. The number of benzene rings is 6. The largest absolute Gasteiger partial charge is 0.460 e. The van der Waals surface area contributed by atoms with Crippen molar-refractivity contribution in [2.24, 2.45) is 10.3 Å². The molecule has 18 heteroatoms. The Balaban J connectivity index is 0.000000178. The molecule has 0 aliphatic carbocycles. The molecule has 368 valence electrons. The van der Waals surface area contributed by atoms with Crippen LogP contribution in [0.2, 0.25) is 0 Å². The molecule has 2 aliphatic heterocycles. The van der Waals surface area contributed by atoms with Crippen LogP contribution in [0.25, 0.3) is 43.4 Å². The molecule has 0 bridgehead atoms. The topological polar surface area (TPSA) is 204 Å². The zero-order chi connectivity index (χ0) is 49.8. The molecular formula is C54H48Br2N6O10. The Morgan fingerprint density at radius 2 is 0.944 bits per heavy atom. The lowest BCUT2D eigenvalue weighted by atomic mass is 10.1. The number of aromatic amines is 2. The fourth-order valence-corrected chi connectivity index (χ4v) is 9.16. The van der Waals surface area contributed by atoms with Gasteiger partial charge in [-0.1, -0.05) is 120 Å². The van der Waals surface area contributed by atoms with Gasteiger partial charge in [-0.15, -0.1) is 0 Å². The number of rotatable bonds is 16. The lowest BCUT2D eigenvalue weighted by Gasteiger charge is -2.18. The van der Waals surface area contributed by atoms with E-state index in [1.54, 1.807) is 0 Å². The van der Waals surface area contributed by atoms with Crippen molar-refractivity contribution in [3.8, 4) is 0 Å². The third-order valence-electron chi connectivity index (χ3n) is 11.9. The molecule has 4 heterocycles. The minimum Gasteiger partial charge on any atom is -0.460 e. The molecule has 16 nitrogen and oxygen atoms in total. The van der Waals surface area contributed by atoms with Gasteiger partial charge in [0, 0.05) is 59.9 Å². The fourth-order valence-electron chi connectivity index (χ4n) is 8.27. The summed E-state index contributed by atoms with van der Waals surface area (Å²) in [6.07, 6.45) is 3.04. The summed E-state index contributed by atoms with van der Waals surface area (Å²) < 4.78 is 23.1. The number of oxime groups is 2. The molecular weight excluding hydrogens is 1050 g/mol. The predicted octanol–water partition coefficient (Wildman–Crippen LogP) is 10.4. The highest BCUT2D eigenvalue weighted by molar-refractivity contribution is 9.18. The average molecular weight is 1100 g/mol. The van der Waals surface area contributed by atoms with Crippen LogP contribution >= 0.6 is 31.9 Å². The smallest absolute Gasteiger partial charge is 0.408 e. The monoisotopic (exact) mass is 1100 g/mol. The van der Waals surface area contributed by atoms with Crippen molar-refractivity contribution in [1.82, 2.24) is 20.6 Å². The Morgan fingerprint density at radius 3 is 1.36 bits per heavy atom. The van der Waals surface area contributed by atoms with Crippen molar-refractivity contribution < 1.29 is 47.8 Å². The minimum atomic E-state index is -0.945. The lowest BCUT2D eigenvalue weighted by molar-refractivity contribution is -0.150. The van der Waals surface area contributed by atoms with Gasteiger partial charge in [-0.3, -0.25) is 0 Å². The molecule has 4 atom stereocenters. The van der Waals surface area contributed by atoms with Crippen molar-refractivity contribution in [2.75, 3.05) is 13.2 Å². The van der Waals surface area contributed by atoms with Crippen molar-refractivity contribution in [1.29, 1.82) is 0 Å². The van der Waals surface area contributed by atoms with E-state index in [1.807, 2.05) is 146 Å². The van der Waals surface area contributed by atoms with Crippen LogP contribution in [0.15, 0.2) is 156 Å². The normalized spacial score (nSPS) is 15.8. The molecule has 0 saturated carbocycles. The Morgan fingerprint density at radius 1 is 0.542 bits per heavy atom. The Labute approximate surface area is 429 Å². The van der Waals surface area contributed by atoms with Crippen molar-refractivity contribution in [2.45, 2.75) is 63.2 Å². The van der Waals surface area contributed by atoms with E-state index in [0.717, 1.165) is 65.6 Å². The van der Waals surface area contributed by atoms with Crippen LogP contribution in [0.1, 0.15) is 35.1 Å². The van der Waals surface area contributed by atoms with E-state index in [0.29, 0.717) is 22.1 Å². The van der Waals surface area contributed by atoms with E-state index in [2.05, 4.69) is 62.8 Å². The second-order valence-electron chi connectivity index (χ2n) is 17.1. The van der Waals surface area contributed by atoms with E-state index >= 15 is 0 Å². The van der Waals surface area contributed by atoms with Gasteiger partial charge in [0.25, 0.3) is 0 Å². The van der Waals surface area contributed by atoms with Crippen LogP contribution in [0.3, 0.4) is 0 Å². The molecule has 10 rings (SSSR count). The van der Waals surface area contributed by atoms with Gasteiger partial charge in [-0.2, -0.15) is 0 Å². The highest BCUT2D eigenvalue weighted by Crippen LogP contribution is 2.23. The van der Waals surface area contributed by atoms with Gasteiger partial charge in [0.05, 0.1) is 0 Å². The molecule has 2 amide bonds. The number of fused-ring (bicyclic) bond motifs is 4. The number of alkyl carbamates (subject to hydrolysis) is 2. The zero-order valence-electron chi connectivity index (χ0n) is 38.6. The van der Waals surface area contributed by atoms with Crippen LogP contribution in [0.4, 0.5) is 9.59 Å². The number of ether oxygens (including phenoxy) is 4. The third kappa shape index (κ3) is 13.0. The summed E-state index contributed by atoms with van der Waals surface area (Å²) in [5, 5.41) is 19.2. The molecule has 2 aliphatic rings. The number of aromatic nitrogens is 2. The Kier molecular flexibility index (Phi) is 16.1. The molecule has 8 aromatic rings. The number of amides is 2.